The van der Waals surface area contributed by atoms with Gasteiger partial charge in [-0.3, -0.25) is 4.79 Å². The maximum Gasteiger partial charge on any atom is 0.310 e. The number of sulfonamides is 1. The number of carbonyl (C=O) groups is 1. The Hall–Kier alpha value is -0.620. The van der Waals surface area contributed by atoms with Crippen LogP contribution in [0.15, 0.2) is 0 Å². The van der Waals surface area contributed by atoms with E-state index in [0.717, 1.165) is 25.7 Å². The highest BCUT2D eigenvalue weighted by Crippen LogP contribution is 2.30. The Kier molecular flexibility index (Phi) is 7.13. The largest absolute Gasteiger partial charge is 0.469 e. The van der Waals surface area contributed by atoms with Crippen LogP contribution in [0.3, 0.4) is 0 Å². The summed E-state index contributed by atoms with van der Waals surface area (Å²) in [5.41, 5.74) is 0. The molecule has 5 nitrogen and oxygen atoms in total. The SMILES string of the molecule is COC(=O)[C@@H]1CCCC[C@@H]1S(=O)(=O)N[C@H](C)CCC(C)C. The second-order valence-electron chi connectivity index (χ2n) is 6.49. The number of carbonyl (C=O) groups excluding carboxylic acids is 1. The average Bonchev–Trinajstić information content (AvgIpc) is 2.44. The van der Waals surface area contributed by atoms with Gasteiger partial charge in [0.15, 0.2) is 0 Å². The first-order chi connectivity index (χ1) is 9.77. The highest BCUT2D eigenvalue weighted by Gasteiger charge is 2.40. The van der Waals surface area contributed by atoms with Crippen molar-refractivity contribution in [2.24, 2.45) is 11.8 Å². The third-order valence-electron chi connectivity index (χ3n) is 4.15. The topological polar surface area (TPSA) is 72.5 Å². The van der Waals surface area contributed by atoms with Crippen molar-refractivity contribution in [2.45, 2.75) is 70.6 Å². The molecule has 6 heteroatoms. The molecule has 3 atom stereocenters. The Morgan fingerprint density at radius 3 is 2.38 bits per heavy atom. The zero-order valence-electron chi connectivity index (χ0n) is 13.6. The minimum Gasteiger partial charge on any atom is -0.469 e. The predicted octanol–water partition coefficient (Wildman–Crippen LogP) is 2.46. The van der Waals surface area contributed by atoms with E-state index >= 15 is 0 Å². The van der Waals surface area contributed by atoms with Crippen molar-refractivity contribution in [1.82, 2.24) is 4.72 Å². The van der Waals surface area contributed by atoms with E-state index in [1.165, 1.54) is 7.11 Å². The number of rotatable bonds is 7. The van der Waals surface area contributed by atoms with Crippen LogP contribution < -0.4 is 4.72 Å². The average molecular weight is 319 g/mol. The van der Waals surface area contributed by atoms with Gasteiger partial charge in [-0.05, 0) is 38.5 Å². The van der Waals surface area contributed by atoms with Crippen molar-refractivity contribution >= 4 is 16.0 Å². The highest BCUT2D eigenvalue weighted by atomic mass is 32.2. The standard InChI is InChI=1S/C15H29NO4S/c1-11(2)9-10-12(3)16-21(18,19)14-8-6-5-7-13(14)15(17)20-4/h11-14,16H,5-10H2,1-4H3/t12-,13-,14+/m1/s1. The molecule has 124 valence electrons. The summed E-state index contributed by atoms with van der Waals surface area (Å²) >= 11 is 0. The van der Waals surface area contributed by atoms with Crippen LogP contribution in [-0.2, 0) is 19.6 Å². The maximum atomic E-state index is 12.6. The third kappa shape index (κ3) is 5.58. The first kappa shape index (κ1) is 18.4. The van der Waals surface area contributed by atoms with E-state index in [4.69, 9.17) is 4.74 Å². The van der Waals surface area contributed by atoms with Crippen molar-refractivity contribution < 1.29 is 17.9 Å². The predicted molar refractivity (Wildman–Crippen MR) is 83.4 cm³/mol. The van der Waals surface area contributed by atoms with Crippen molar-refractivity contribution in [3.8, 4) is 0 Å². The molecule has 0 heterocycles. The molecule has 0 aromatic rings. The van der Waals surface area contributed by atoms with E-state index in [2.05, 4.69) is 18.6 Å². The van der Waals surface area contributed by atoms with E-state index < -0.39 is 27.2 Å². The molecule has 0 aromatic carbocycles. The van der Waals surface area contributed by atoms with E-state index in [-0.39, 0.29) is 6.04 Å². The summed E-state index contributed by atoms with van der Waals surface area (Å²) in [5.74, 6) is -0.382. The molecule has 0 unspecified atom stereocenters. The van der Waals surface area contributed by atoms with E-state index in [9.17, 15) is 13.2 Å². The van der Waals surface area contributed by atoms with Crippen molar-refractivity contribution in [3.63, 3.8) is 0 Å². The summed E-state index contributed by atoms with van der Waals surface area (Å²) in [6, 6.07) is -0.0994. The molecule has 0 saturated heterocycles. The monoisotopic (exact) mass is 319 g/mol. The Bertz CT molecular complexity index is 433. The molecule has 1 saturated carbocycles. The van der Waals surface area contributed by atoms with E-state index in [0.29, 0.717) is 18.8 Å². The van der Waals surface area contributed by atoms with Gasteiger partial charge in [0.1, 0.15) is 0 Å². The molecule has 1 rings (SSSR count). The molecule has 0 amide bonds. The van der Waals surface area contributed by atoms with Gasteiger partial charge in [-0.2, -0.15) is 0 Å². The van der Waals surface area contributed by atoms with Crippen LogP contribution in [0.25, 0.3) is 0 Å². The Labute approximate surface area is 128 Å². The minimum absolute atomic E-state index is 0.0994. The molecule has 1 aliphatic carbocycles. The van der Waals surface area contributed by atoms with Crippen molar-refractivity contribution in [2.75, 3.05) is 7.11 Å². The highest BCUT2D eigenvalue weighted by molar-refractivity contribution is 7.90. The number of methoxy groups -OCH3 is 1. The lowest BCUT2D eigenvalue weighted by Crippen LogP contribution is -2.46. The van der Waals surface area contributed by atoms with Crippen LogP contribution in [0, 0.1) is 11.8 Å². The second kappa shape index (κ2) is 8.13. The summed E-state index contributed by atoms with van der Waals surface area (Å²) in [6.45, 7) is 6.13. The van der Waals surface area contributed by atoms with Crippen LogP contribution in [0.2, 0.25) is 0 Å². The van der Waals surface area contributed by atoms with Crippen LogP contribution in [0.1, 0.15) is 59.3 Å². The molecular weight excluding hydrogens is 290 g/mol. The quantitative estimate of drug-likeness (QED) is 0.732. The molecule has 0 radical (unpaired) electrons. The van der Waals surface area contributed by atoms with Gasteiger partial charge in [-0.15, -0.1) is 0 Å². The first-order valence-electron chi connectivity index (χ1n) is 7.87. The fourth-order valence-corrected chi connectivity index (χ4v) is 4.91. The lowest BCUT2D eigenvalue weighted by molar-refractivity contribution is -0.146. The van der Waals surface area contributed by atoms with Crippen molar-refractivity contribution in [3.05, 3.63) is 0 Å². The summed E-state index contributed by atoms with van der Waals surface area (Å²) in [6.07, 6.45) is 4.65. The van der Waals surface area contributed by atoms with Crippen LogP contribution in [0.4, 0.5) is 0 Å². The molecule has 0 aromatic heterocycles. The number of esters is 1. The third-order valence-corrected chi connectivity index (χ3v) is 6.24. The van der Waals surface area contributed by atoms with Gasteiger partial charge in [0.2, 0.25) is 10.0 Å². The van der Waals surface area contributed by atoms with Crippen LogP contribution in [0.5, 0.6) is 0 Å². The van der Waals surface area contributed by atoms with E-state index in [1.54, 1.807) is 0 Å². The van der Waals surface area contributed by atoms with Gasteiger partial charge < -0.3 is 4.74 Å². The first-order valence-corrected chi connectivity index (χ1v) is 9.41. The van der Waals surface area contributed by atoms with Gasteiger partial charge >= 0.3 is 5.97 Å². The summed E-state index contributed by atoms with van der Waals surface area (Å²) in [4.78, 5) is 11.8. The molecule has 1 fully saturated rings. The number of hydrogen-bond donors (Lipinski definition) is 1. The molecule has 0 aliphatic heterocycles. The normalized spacial score (nSPS) is 24.8. The fourth-order valence-electron chi connectivity index (χ4n) is 2.90. The van der Waals surface area contributed by atoms with E-state index in [1.807, 2.05) is 6.92 Å². The maximum absolute atomic E-state index is 12.6. The summed E-state index contributed by atoms with van der Waals surface area (Å²) < 4.78 is 32.6. The molecule has 1 aliphatic rings. The van der Waals surface area contributed by atoms with Gasteiger partial charge in [-0.25, -0.2) is 13.1 Å². The van der Waals surface area contributed by atoms with Gasteiger partial charge in [0, 0.05) is 6.04 Å². The molecular formula is C15H29NO4S. The summed E-state index contributed by atoms with van der Waals surface area (Å²) in [5, 5.41) is -0.653. The lowest BCUT2D eigenvalue weighted by Gasteiger charge is -2.30. The zero-order valence-corrected chi connectivity index (χ0v) is 14.4. The Balaban J connectivity index is 2.72. The van der Waals surface area contributed by atoms with Crippen LogP contribution in [-0.4, -0.2) is 32.8 Å². The number of nitrogens with one attached hydrogen (secondary N) is 1. The van der Waals surface area contributed by atoms with Gasteiger partial charge in [0.05, 0.1) is 18.3 Å². The van der Waals surface area contributed by atoms with Gasteiger partial charge in [-0.1, -0.05) is 26.7 Å². The minimum atomic E-state index is -3.49. The smallest absolute Gasteiger partial charge is 0.310 e. The molecule has 1 N–H and O–H groups in total. The van der Waals surface area contributed by atoms with Crippen molar-refractivity contribution in [1.29, 1.82) is 0 Å². The number of hydrogen-bond acceptors (Lipinski definition) is 4. The second-order valence-corrected chi connectivity index (χ2v) is 8.42. The lowest BCUT2D eigenvalue weighted by atomic mass is 9.89. The number of ether oxygens (including phenoxy) is 1. The Morgan fingerprint density at radius 2 is 1.81 bits per heavy atom. The fraction of sp³-hybridized carbons (Fsp3) is 0.933. The molecule has 21 heavy (non-hydrogen) atoms. The Morgan fingerprint density at radius 1 is 1.19 bits per heavy atom. The molecule has 0 bridgehead atoms. The van der Waals surface area contributed by atoms with Crippen LogP contribution >= 0.6 is 0 Å². The molecule has 0 spiro atoms. The van der Waals surface area contributed by atoms with Gasteiger partial charge in [0.25, 0.3) is 0 Å². The summed E-state index contributed by atoms with van der Waals surface area (Å²) in [7, 11) is -2.17. The zero-order chi connectivity index (χ0) is 16.0.